The molecule has 25 heavy (non-hydrogen) atoms. The van der Waals surface area contributed by atoms with Crippen molar-refractivity contribution in [2.24, 2.45) is 0 Å². The van der Waals surface area contributed by atoms with Crippen molar-refractivity contribution in [3.63, 3.8) is 0 Å². The molecule has 5 nitrogen and oxygen atoms in total. The SMILES string of the molecule is Cc1nn(-c2ccc(F)cc2F)c(C)c1C(=O)N[C@@H](C)[C@H]1CCCO1. The summed E-state index contributed by atoms with van der Waals surface area (Å²) in [4.78, 5) is 12.7. The average molecular weight is 349 g/mol. The van der Waals surface area contributed by atoms with Crippen LogP contribution in [0.3, 0.4) is 0 Å². The van der Waals surface area contributed by atoms with Crippen LogP contribution in [0.1, 0.15) is 41.5 Å². The Morgan fingerprint density at radius 3 is 2.80 bits per heavy atom. The van der Waals surface area contributed by atoms with Gasteiger partial charge in [-0.25, -0.2) is 13.5 Å². The highest BCUT2D eigenvalue weighted by atomic mass is 19.1. The van der Waals surface area contributed by atoms with Crippen LogP contribution < -0.4 is 5.32 Å². The van der Waals surface area contributed by atoms with Crippen molar-refractivity contribution in [3.05, 3.63) is 46.8 Å². The number of rotatable bonds is 4. The first-order valence-electron chi connectivity index (χ1n) is 8.32. The Bertz CT molecular complexity index is 798. The van der Waals surface area contributed by atoms with E-state index in [-0.39, 0.29) is 23.7 Å². The third-order valence-electron chi connectivity index (χ3n) is 4.54. The molecule has 1 fully saturated rings. The molecule has 1 saturated heterocycles. The summed E-state index contributed by atoms with van der Waals surface area (Å²) in [5, 5.41) is 7.20. The number of amides is 1. The maximum Gasteiger partial charge on any atom is 0.255 e. The molecule has 1 amide bonds. The van der Waals surface area contributed by atoms with Crippen molar-refractivity contribution in [3.8, 4) is 5.69 Å². The van der Waals surface area contributed by atoms with Gasteiger partial charge in [0, 0.05) is 12.7 Å². The second kappa shape index (κ2) is 6.92. The number of halogens is 2. The summed E-state index contributed by atoms with van der Waals surface area (Å²) >= 11 is 0. The van der Waals surface area contributed by atoms with Crippen LogP contribution in [-0.2, 0) is 4.74 Å². The minimum Gasteiger partial charge on any atom is -0.376 e. The highest BCUT2D eigenvalue weighted by Crippen LogP contribution is 2.22. The Morgan fingerprint density at radius 2 is 2.16 bits per heavy atom. The topological polar surface area (TPSA) is 56.2 Å². The molecule has 0 spiro atoms. The number of nitrogens with zero attached hydrogens (tertiary/aromatic N) is 2. The molecule has 1 aromatic carbocycles. The number of aromatic nitrogens is 2. The smallest absolute Gasteiger partial charge is 0.255 e. The maximum atomic E-state index is 14.1. The van der Waals surface area contributed by atoms with E-state index in [2.05, 4.69) is 10.4 Å². The fourth-order valence-electron chi connectivity index (χ4n) is 3.23. The lowest BCUT2D eigenvalue weighted by molar-refractivity contribution is 0.0711. The quantitative estimate of drug-likeness (QED) is 0.923. The predicted octanol–water partition coefficient (Wildman–Crippen LogP) is 3.06. The molecule has 1 aromatic heterocycles. The largest absolute Gasteiger partial charge is 0.376 e. The minimum atomic E-state index is -0.731. The zero-order valence-electron chi connectivity index (χ0n) is 14.5. The molecule has 2 aromatic rings. The fraction of sp³-hybridized carbons (Fsp3) is 0.444. The molecule has 1 aliphatic rings. The summed E-state index contributed by atoms with van der Waals surface area (Å²) in [6.07, 6.45) is 1.92. The monoisotopic (exact) mass is 349 g/mol. The summed E-state index contributed by atoms with van der Waals surface area (Å²) < 4.78 is 34.1. The van der Waals surface area contributed by atoms with Crippen molar-refractivity contribution in [2.75, 3.05) is 6.61 Å². The number of benzene rings is 1. The van der Waals surface area contributed by atoms with E-state index < -0.39 is 11.6 Å². The molecule has 0 bridgehead atoms. The molecular formula is C18H21F2N3O2. The predicted molar refractivity (Wildman–Crippen MR) is 88.9 cm³/mol. The van der Waals surface area contributed by atoms with Crippen LogP contribution in [0.25, 0.3) is 5.69 Å². The zero-order valence-corrected chi connectivity index (χ0v) is 14.5. The van der Waals surface area contributed by atoms with Gasteiger partial charge in [0.15, 0.2) is 5.82 Å². The van der Waals surface area contributed by atoms with Crippen LogP contribution in [0.15, 0.2) is 18.2 Å². The van der Waals surface area contributed by atoms with Crippen molar-refractivity contribution >= 4 is 5.91 Å². The minimum absolute atomic E-state index is 0.00847. The number of carbonyl (C=O) groups is 1. The molecule has 0 unspecified atom stereocenters. The first-order chi connectivity index (χ1) is 11.9. The van der Waals surface area contributed by atoms with E-state index in [4.69, 9.17) is 4.74 Å². The second-order valence-corrected chi connectivity index (χ2v) is 6.37. The number of aryl methyl sites for hydroxylation is 1. The first kappa shape index (κ1) is 17.5. The van der Waals surface area contributed by atoms with Gasteiger partial charge in [-0.15, -0.1) is 0 Å². The normalized spacial score (nSPS) is 18.4. The molecule has 1 aliphatic heterocycles. The molecule has 2 atom stereocenters. The fourth-order valence-corrected chi connectivity index (χ4v) is 3.23. The lowest BCUT2D eigenvalue weighted by Gasteiger charge is -2.20. The van der Waals surface area contributed by atoms with Crippen molar-refractivity contribution < 1.29 is 18.3 Å². The number of hydrogen-bond acceptors (Lipinski definition) is 3. The maximum absolute atomic E-state index is 14.1. The highest BCUT2D eigenvalue weighted by Gasteiger charge is 2.27. The highest BCUT2D eigenvalue weighted by molar-refractivity contribution is 5.96. The van der Waals surface area contributed by atoms with Crippen LogP contribution in [0.4, 0.5) is 8.78 Å². The standard InChI is InChI=1S/C18H21F2N3O2/c1-10(16-5-4-8-25-16)21-18(24)17-11(2)22-23(12(17)3)15-7-6-13(19)9-14(15)20/h6-7,9-10,16H,4-5,8H2,1-3H3,(H,21,24)/t10-,16+/m0/s1. The number of carbonyl (C=O) groups excluding carboxylic acids is 1. The molecule has 134 valence electrons. The van der Waals surface area contributed by atoms with Gasteiger partial charge < -0.3 is 10.1 Å². The summed E-state index contributed by atoms with van der Waals surface area (Å²) in [5.41, 5.74) is 1.49. The molecule has 3 rings (SSSR count). The molecule has 7 heteroatoms. The summed E-state index contributed by atoms with van der Waals surface area (Å²) in [7, 11) is 0. The third kappa shape index (κ3) is 3.42. The van der Waals surface area contributed by atoms with Gasteiger partial charge in [-0.1, -0.05) is 0 Å². The van der Waals surface area contributed by atoms with E-state index in [1.54, 1.807) is 13.8 Å². The van der Waals surface area contributed by atoms with Gasteiger partial charge in [0.1, 0.15) is 11.5 Å². The van der Waals surface area contributed by atoms with Crippen LogP contribution >= 0.6 is 0 Å². The van der Waals surface area contributed by atoms with E-state index in [1.165, 1.54) is 10.7 Å². The van der Waals surface area contributed by atoms with E-state index in [0.717, 1.165) is 25.0 Å². The van der Waals surface area contributed by atoms with Crippen LogP contribution in [0, 0.1) is 25.5 Å². The van der Waals surface area contributed by atoms with Crippen molar-refractivity contribution in [2.45, 2.75) is 45.8 Å². The molecule has 0 saturated carbocycles. The molecule has 0 aliphatic carbocycles. The van der Waals surface area contributed by atoms with E-state index >= 15 is 0 Å². The summed E-state index contributed by atoms with van der Waals surface area (Å²) in [6.45, 7) is 6.00. The zero-order chi connectivity index (χ0) is 18.1. The summed E-state index contributed by atoms with van der Waals surface area (Å²) in [5.74, 6) is -1.66. The third-order valence-corrected chi connectivity index (χ3v) is 4.54. The van der Waals surface area contributed by atoms with Crippen LogP contribution in [0.5, 0.6) is 0 Å². The van der Waals surface area contributed by atoms with Crippen LogP contribution in [0.2, 0.25) is 0 Å². The molecule has 0 radical (unpaired) electrons. The van der Waals surface area contributed by atoms with Gasteiger partial charge in [-0.2, -0.15) is 5.10 Å². The van der Waals surface area contributed by atoms with Gasteiger partial charge in [-0.05, 0) is 45.7 Å². The molecule has 1 N–H and O–H groups in total. The summed E-state index contributed by atoms with van der Waals surface area (Å²) in [6, 6.07) is 3.14. The van der Waals surface area contributed by atoms with Gasteiger partial charge in [0.2, 0.25) is 0 Å². The Hall–Kier alpha value is -2.28. The first-order valence-corrected chi connectivity index (χ1v) is 8.32. The molecule has 2 heterocycles. The Balaban J connectivity index is 1.87. The number of hydrogen-bond donors (Lipinski definition) is 1. The average Bonchev–Trinajstić information content (AvgIpc) is 3.16. The lowest BCUT2D eigenvalue weighted by Crippen LogP contribution is -2.41. The van der Waals surface area contributed by atoms with E-state index in [0.29, 0.717) is 23.6 Å². The number of ether oxygens (including phenoxy) is 1. The number of nitrogens with one attached hydrogen (secondary N) is 1. The van der Waals surface area contributed by atoms with E-state index in [1.807, 2.05) is 6.92 Å². The van der Waals surface area contributed by atoms with Gasteiger partial charge >= 0.3 is 0 Å². The van der Waals surface area contributed by atoms with Gasteiger partial charge in [0.05, 0.1) is 29.1 Å². The van der Waals surface area contributed by atoms with Crippen LogP contribution in [-0.4, -0.2) is 34.4 Å². The Kier molecular flexibility index (Phi) is 4.85. The van der Waals surface area contributed by atoms with E-state index in [9.17, 15) is 13.6 Å². The van der Waals surface area contributed by atoms with Gasteiger partial charge in [-0.3, -0.25) is 4.79 Å². The molecular weight excluding hydrogens is 328 g/mol. The van der Waals surface area contributed by atoms with Crippen molar-refractivity contribution in [1.29, 1.82) is 0 Å². The second-order valence-electron chi connectivity index (χ2n) is 6.37. The Labute approximate surface area is 145 Å². The Morgan fingerprint density at radius 1 is 1.40 bits per heavy atom. The lowest BCUT2D eigenvalue weighted by atomic mass is 10.1. The van der Waals surface area contributed by atoms with Crippen molar-refractivity contribution in [1.82, 2.24) is 15.1 Å². The van der Waals surface area contributed by atoms with Gasteiger partial charge in [0.25, 0.3) is 5.91 Å².